The zero-order chi connectivity index (χ0) is 19.7. The maximum Gasteiger partial charge on any atom is 0.251 e. The number of nitrogens with zero attached hydrogens (tertiary/aromatic N) is 2. The van der Waals surface area contributed by atoms with Crippen molar-refractivity contribution in [3.05, 3.63) is 59.4 Å². The smallest absolute Gasteiger partial charge is 0.251 e. The summed E-state index contributed by atoms with van der Waals surface area (Å²) in [4.78, 5) is 18.7. The van der Waals surface area contributed by atoms with E-state index in [0.29, 0.717) is 11.6 Å². The van der Waals surface area contributed by atoms with Gasteiger partial charge in [0.25, 0.3) is 5.91 Å². The number of nitrogens with one attached hydrogen (secondary N) is 1. The molecule has 2 aromatic carbocycles. The molecule has 28 heavy (non-hydrogen) atoms. The van der Waals surface area contributed by atoms with Gasteiger partial charge in [0, 0.05) is 22.3 Å². The van der Waals surface area contributed by atoms with E-state index in [-0.39, 0.29) is 11.9 Å². The van der Waals surface area contributed by atoms with Crippen LogP contribution in [-0.2, 0) is 0 Å². The van der Waals surface area contributed by atoms with Gasteiger partial charge in [-0.3, -0.25) is 4.79 Å². The van der Waals surface area contributed by atoms with Gasteiger partial charge in [-0.15, -0.1) is 0 Å². The number of fused-ring (bicyclic) bond motifs is 1. The van der Waals surface area contributed by atoms with Crippen molar-refractivity contribution in [3.8, 4) is 0 Å². The van der Waals surface area contributed by atoms with Crippen LogP contribution in [0, 0.1) is 6.92 Å². The minimum absolute atomic E-state index is 0.0492. The summed E-state index contributed by atoms with van der Waals surface area (Å²) >= 11 is 0. The summed E-state index contributed by atoms with van der Waals surface area (Å²) in [5.41, 5.74) is 3.79. The molecule has 0 spiro atoms. The number of imidazole rings is 1. The van der Waals surface area contributed by atoms with E-state index in [1.165, 1.54) is 17.7 Å². The molecule has 4 rings (SSSR count). The van der Waals surface area contributed by atoms with E-state index in [1.807, 2.05) is 42.8 Å². The molecular formula is C22H25N3OS2. The van der Waals surface area contributed by atoms with Crippen LogP contribution < -0.4 is 5.32 Å². The number of carbonyl (C=O) groups is 1. The molecule has 0 aliphatic heterocycles. The van der Waals surface area contributed by atoms with Crippen LogP contribution in [0.4, 0.5) is 0 Å². The van der Waals surface area contributed by atoms with Crippen LogP contribution in [0.3, 0.4) is 0 Å². The van der Waals surface area contributed by atoms with Crippen molar-refractivity contribution < 1.29 is 4.79 Å². The minimum Gasteiger partial charge on any atom is -0.346 e. The Bertz CT molecular complexity index is 993. The van der Waals surface area contributed by atoms with Gasteiger partial charge < -0.3 is 9.88 Å². The molecule has 0 unspecified atom stereocenters. The van der Waals surface area contributed by atoms with E-state index in [4.69, 9.17) is 0 Å². The van der Waals surface area contributed by atoms with Crippen molar-refractivity contribution in [2.75, 3.05) is 5.75 Å². The predicted octanol–water partition coefficient (Wildman–Crippen LogP) is 5.93. The van der Waals surface area contributed by atoms with Crippen LogP contribution in [0.5, 0.6) is 0 Å². The summed E-state index contributed by atoms with van der Waals surface area (Å²) in [7, 11) is 3.61. The number of aromatic nitrogens is 2. The Kier molecular flexibility index (Phi) is 5.69. The second kappa shape index (κ2) is 8.21. The van der Waals surface area contributed by atoms with Gasteiger partial charge in [-0.2, -0.15) is 0 Å². The largest absolute Gasteiger partial charge is 0.346 e. The fourth-order valence-corrected chi connectivity index (χ4v) is 5.05. The lowest BCUT2D eigenvalue weighted by Gasteiger charge is -2.15. The van der Waals surface area contributed by atoms with Crippen LogP contribution in [0.1, 0.15) is 60.5 Å². The standard InChI is InChI=1S/C22H25N3OS2/c1-4-27-28-19-10-5-16(6-11-19)14(2)23-22(26)17-7-12-21-20(13-17)24-15(3)25(21)18-8-9-18/h5-7,10-14,18H,4,8-9H2,1-3H3,(H,23,26)/t14-/m0/s1. The predicted molar refractivity (Wildman–Crippen MR) is 119 cm³/mol. The number of carbonyl (C=O) groups excluding carboxylic acids is 1. The highest BCUT2D eigenvalue weighted by atomic mass is 33.1. The fraction of sp³-hybridized carbons (Fsp3) is 0.364. The first-order valence-electron chi connectivity index (χ1n) is 9.75. The third-order valence-corrected chi connectivity index (χ3v) is 7.50. The van der Waals surface area contributed by atoms with E-state index in [2.05, 4.69) is 46.1 Å². The zero-order valence-electron chi connectivity index (χ0n) is 16.4. The SMILES string of the molecule is CCSSc1ccc([C@H](C)NC(=O)c2ccc3c(c2)nc(C)n3C2CC2)cc1. The summed E-state index contributed by atoms with van der Waals surface area (Å²) < 4.78 is 2.30. The number of hydrogen-bond acceptors (Lipinski definition) is 4. The zero-order valence-corrected chi connectivity index (χ0v) is 18.1. The van der Waals surface area contributed by atoms with Crippen LogP contribution in [-0.4, -0.2) is 21.2 Å². The maximum atomic E-state index is 12.8. The highest BCUT2D eigenvalue weighted by molar-refractivity contribution is 8.76. The van der Waals surface area contributed by atoms with Crippen molar-refractivity contribution in [1.82, 2.24) is 14.9 Å². The van der Waals surface area contributed by atoms with Crippen LogP contribution >= 0.6 is 21.6 Å². The lowest BCUT2D eigenvalue weighted by atomic mass is 10.1. The Hall–Kier alpha value is -1.92. The third kappa shape index (κ3) is 4.08. The van der Waals surface area contributed by atoms with Crippen molar-refractivity contribution in [1.29, 1.82) is 0 Å². The summed E-state index contributed by atoms with van der Waals surface area (Å²) in [5.74, 6) is 2.05. The van der Waals surface area contributed by atoms with Crippen LogP contribution in [0.15, 0.2) is 47.4 Å². The van der Waals surface area contributed by atoms with Gasteiger partial charge in [-0.05, 0) is 62.6 Å². The molecule has 0 bridgehead atoms. The Morgan fingerprint density at radius 1 is 1.25 bits per heavy atom. The molecule has 0 saturated heterocycles. The van der Waals surface area contributed by atoms with E-state index in [0.717, 1.165) is 28.2 Å². The molecule has 1 amide bonds. The first-order valence-corrected chi connectivity index (χ1v) is 12.1. The van der Waals surface area contributed by atoms with Crippen molar-refractivity contribution in [3.63, 3.8) is 0 Å². The van der Waals surface area contributed by atoms with Crippen molar-refractivity contribution in [2.24, 2.45) is 0 Å². The second-order valence-electron chi connectivity index (χ2n) is 7.22. The molecule has 1 aliphatic rings. The summed E-state index contributed by atoms with van der Waals surface area (Å²) in [6.07, 6.45) is 2.45. The molecule has 1 heterocycles. The molecule has 1 fully saturated rings. The van der Waals surface area contributed by atoms with Crippen LogP contribution in [0.2, 0.25) is 0 Å². The molecule has 1 atom stereocenters. The first-order chi connectivity index (χ1) is 13.6. The first kappa shape index (κ1) is 19.4. The molecule has 1 aliphatic carbocycles. The topological polar surface area (TPSA) is 46.9 Å². The number of benzene rings is 2. The summed E-state index contributed by atoms with van der Waals surface area (Å²) in [5, 5.41) is 3.11. The minimum atomic E-state index is -0.0620. The molecule has 4 nitrogen and oxygen atoms in total. The number of amides is 1. The van der Waals surface area contributed by atoms with E-state index in [1.54, 1.807) is 10.8 Å². The van der Waals surface area contributed by atoms with Crippen molar-refractivity contribution >= 4 is 38.5 Å². The van der Waals surface area contributed by atoms with Gasteiger partial charge >= 0.3 is 0 Å². The normalized spacial score (nSPS) is 15.0. The van der Waals surface area contributed by atoms with Gasteiger partial charge in [0.2, 0.25) is 0 Å². The number of aryl methyl sites for hydroxylation is 1. The monoisotopic (exact) mass is 411 g/mol. The van der Waals surface area contributed by atoms with E-state index in [9.17, 15) is 4.79 Å². The van der Waals surface area contributed by atoms with Crippen LogP contribution in [0.25, 0.3) is 11.0 Å². The molecular weight excluding hydrogens is 386 g/mol. The van der Waals surface area contributed by atoms with E-state index < -0.39 is 0 Å². The van der Waals surface area contributed by atoms with Gasteiger partial charge in [0.15, 0.2) is 0 Å². The highest BCUT2D eigenvalue weighted by Gasteiger charge is 2.27. The number of hydrogen-bond donors (Lipinski definition) is 1. The lowest BCUT2D eigenvalue weighted by molar-refractivity contribution is 0.0940. The third-order valence-electron chi connectivity index (χ3n) is 5.04. The molecule has 0 radical (unpaired) electrons. The maximum absolute atomic E-state index is 12.8. The molecule has 1 aromatic heterocycles. The molecule has 3 aromatic rings. The Labute approximate surface area is 173 Å². The Morgan fingerprint density at radius 3 is 2.68 bits per heavy atom. The van der Waals surface area contributed by atoms with Gasteiger partial charge in [0.1, 0.15) is 5.82 Å². The fourth-order valence-electron chi connectivity index (χ4n) is 3.46. The highest BCUT2D eigenvalue weighted by Crippen LogP contribution is 2.38. The molecule has 1 saturated carbocycles. The average molecular weight is 412 g/mol. The Balaban J connectivity index is 1.46. The summed E-state index contributed by atoms with van der Waals surface area (Å²) in [6, 6.07) is 14.8. The van der Waals surface area contributed by atoms with Gasteiger partial charge in [-0.25, -0.2) is 4.98 Å². The molecule has 1 N–H and O–H groups in total. The molecule has 6 heteroatoms. The molecule has 146 valence electrons. The average Bonchev–Trinajstić information content (AvgIpc) is 3.47. The quantitative estimate of drug-likeness (QED) is 0.489. The summed E-state index contributed by atoms with van der Waals surface area (Å²) in [6.45, 7) is 6.21. The van der Waals surface area contributed by atoms with E-state index >= 15 is 0 Å². The number of rotatable bonds is 7. The lowest BCUT2D eigenvalue weighted by Crippen LogP contribution is -2.26. The van der Waals surface area contributed by atoms with Crippen molar-refractivity contribution in [2.45, 2.75) is 50.6 Å². The Morgan fingerprint density at radius 2 is 2.00 bits per heavy atom. The second-order valence-corrected chi connectivity index (χ2v) is 9.88. The van der Waals surface area contributed by atoms with Gasteiger partial charge in [0.05, 0.1) is 17.1 Å². The van der Waals surface area contributed by atoms with Gasteiger partial charge in [-0.1, -0.05) is 40.6 Å².